The minimum absolute atomic E-state index is 0.00697. The molecule has 0 bridgehead atoms. The first kappa shape index (κ1) is 12.9. The van der Waals surface area contributed by atoms with Crippen molar-refractivity contribution in [1.82, 2.24) is 15.5 Å². The fraction of sp³-hybridized carbons (Fsp3) is 0.182. The van der Waals surface area contributed by atoms with E-state index in [9.17, 15) is 4.79 Å². The molecular weight excluding hydrogens is 277 g/mol. The van der Waals surface area contributed by atoms with Gasteiger partial charge in [0.2, 0.25) is 0 Å². The van der Waals surface area contributed by atoms with Gasteiger partial charge in [-0.05, 0) is 25.1 Å². The van der Waals surface area contributed by atoms with E-state index in [1.165, 1.54) is 6.07 Å². The topological polar surface area (TPSA) is 68.0 Å². The third kappa shape index (κ3) is 3.00. The lowest BCUT2D eigenvalue weighted by Gasteiger charge is -2.04. The molecule has 2 rings (SSSR count). The molecule has 1 amide bonds. The maximum absolute atomic E-state index is 11.8. The second-order valence-electron chi connectivity index (χ2n) is 3.57. The molecule has 0 unspecified atom stereocenters. The molecule has 0 aliphatic rings. The van der Waals surface area contributed by atoms with E-state index >= 15 is 0 Å². The normalized spacial score (nSPS) is 10.4. The van der Waals surface area contributed by atoms with Crippen LogP contribution in [0.2, 0.25) is 10.3 Å². The Morgan fingerprint density at radius 3 is 2.83 bits per heavy atom. The highest BCUT2D eigenvalue weighted by atomic mass is 35.5. The lowest BCUT2D eigenvalue weighted by molar-refractivity contribution is 0.0947. The number of aryl methyl sites for hydroxylation is 1. The van der Waals surface area contributed by atoms with Gasteiger partial charge in [0.25, 0.3) is 5.91 Å². The van der Waals surface area contributed by atoms with E-state index in [4.69, 9.17) is 27.6 Å². The van der Waals surface area contributed by atoms with E-state index in [1.54, 1.807) is 6.07 Å². The van der Waals surface area contributed by atoms with Crippen LogP contribution in [0, 0.1) is 6.92 Å². The summed E-state index contributed by atoms with van der Waals surface area (Å²) in [4.78, 5) is 11.8. The molecule has 0 aromatic carbocycles. The van der Waals surface area contributed by atoms with Crippen LogP contribution in [0.15, 0.2) is 22.6 Å². The fourth-order valence-electron chi connectivity index (χ4n) is 1.36. The molecular formula is C11H9Cl2N3O2. The molecule has 18 heavy (non-hydrogen) atoms. The van der Waals surface area contributed by atoms with E-state index in [-0.39, 0.29) is 28.3 Å². The Bertz CT molecular complexity index is 583. The Labute approximate surface area is 113 Å². The molecule has 0 aliphatic heterocycles. The average molecular weight is 286 g/mol. The number of aromatic nitrogens is 2. The van der Waals surface area contributed by atoms with Crippen molar-refractivity contribution in [3.8, 4) is 0 Å². The summed E-state index contributed by atoms with van der Waals surface area (Å²) >= 11 is 11.4. The fourth-order valence-corrected chi connectivity index (χ4v) is 1.68. The highest BCUT2D eigenvalue weighted by molar-refractivity contribution is 6.34. The summed E-state index contributed by atoms with van der Waals surface area (Å²) in [6.45, 7) is 2.09. The minimum Gasteiger partial charge on any atom is -0.465 e. The molecule has 0 saturated heterocycles. The van der Waals surface area contributed by atoms with Gasteiger partial charge in [-0.1, -0.05) is 23.2 Å². The van der Waals surface area contributed by atoms with Crippen LogP contribution < -0.4 is 5.32 Å². The van der Waals surface area contributed by atoms with E-state index in [0.29, 0.717) is 5.76 Å². The number of amides is 1. The summed E-state index contributed by atoms with van der Waals surface area (Å²) in [5, 5.41) is 9.86. The molecule has 2 heterocycles. The molecule has 2 aromatic heterocycles. The third-order valence-corrected chi connectivity index (χ3v) is 2.65. The Balaban J connectivity index is 2.05. The first-order valence-corrected chi connectivity index (χ1v) is 5.84. The van der Waals surface area contributed by atoms with Crippen LogP contribution in [0.1, 0.15) is 21.9 Å². The number of furan rings is 1. The van der Waals surface area contributed by atoms with Gasteiger partial charge in [0, 0.05) is 0 Å². The summed E-state index contributed by atoms with van der Waals surface area (Å²) in [6.07, 6.45) is 0. The number of nitrogens with zero attached hydrogens (tertiary/aromatic N) is 2. The van der Waals surface area contributed by atoms with Crippen molar-refractivity contribution in [2.45, 2.75) is 13.5 Å². The lowest BCUT2D eigenvalue weighted by atomic mass is 10.3. The zero-order valence-electron chi connectivity index (χ0n) is 9.41. The zero-order chi connectivity index (χ0) is 13.1. The second kappa shape index (κ2) is 5.37. The maximum Gasteiger partial charge on any atom is 0.254 e. The van der Waals surface area contributed by atoms with E-state index in [0.717, 1.165) is 5.76 Å². The van der Waals surface area contributed by atoms with Gasteiger partial charge in [0.05, 0.1) is 12.1 Å². The smallest absolute Gasteiger partial charge is 0.254 e. The molecule has 0 aliphatic carbocycles. The molecule has 5 nitrogen and oxygen atoms in total. The van der Waals surface area contributed by atoms with Crippen molar-refractivity contribution in [3.05, 3.63) is 45.6 Å². The van der Waals surface area contributed by atoms with Gasteiger partial charge < -0.3 is 9.73 Å². The SMILES string of the molecule is Cc1ccc(CNC(=O)c2cc(Cl)nnc2Cl)o1. The quantitative estimate of drug-likeness (QED) is 0.941. The highest BCUT2D eigenvalue weighted by Gasteiger charge is 2.13. The monoisotopic (exact) mass is 285 g/mol. The summed E-state index contributed by atoms with van der Waals surface area (Å²) in [6, 6.07) is 4.97. The number of hydrogen-bond acceptors (Lipinski definition) is 4. The highest BCUT2D eigenvalue weighted by Crippen LogP contribution is 2.15. The molecule has 0 fully saturated rings. The Morgan fingerprint density at radius 2 is 2.17 bits per heavy atom. The van der Waals surface area contributed by atoms with Gasteiger partial charge in [0.1, 0.15) is 11.5 Å². The van der Waals surface area contributed by atoms with Gasteiger partial charge in [-0.15, -0.1) is 10.2 Å². The molecule has 0 saturated carbocycles. The van der Waals surface area contributed by atoms with E-state index in [1.807, 2.05) is 13.0 Å². The van der Waals surface area contributed by atoms with E-state index in [2.05, 4.69) is 15.5 Å². The van der Waals surface area contributed by atoms with Crippen molar-refractivity contribution >= 4 is 29.1 Å². The van der Waals surface area contributed by atoms with Gasteiger partial charge in [0.15, 0.2) is 10.3 Å². The third-order valence-electron chi connectivity index (χ3n) is 2.18. The number of rotatable bonds is 3. The largest absolute Gasteiger partial charge is 0.465 e. The molecule has 0 spiro atoms. The van der Waals surface area contributed by atoms with Crippen molar-refractivity contribution < 1.29 is 9.21 Å². The average Bonchev–Trinajstić information content (AvgIpc) is 2.75. The van der Waals surface area contributed by atoms with Crippen molar-refractivity contribution in [2.24, 2.45) is 0 Å². The van der Waals surface area contributed by atoms with Crippen LogP contribution in [0.25, 0.3) is 0 Å². The Hall–Kier alpha value is -1.59. The number of carbonyl (C=O) groups is 1. The summed E-state index contributed by atoms with van der Waals surface area (Å²) in [7, 11) is 0. The predicted octanol–water partition coefficient (Wildman–Crippen LogP) is 2.61. The number of carbonyl (C=O) groups excluding carboxylic acids is 1. The van der Waals surface area contributed by atoms with Crippen LogP contribution in [0.3, 0.4) is 0 Å². The summed E-state index contributed by atoms with van der Waals surface area (Å²) in [5.74, 6) is 1.06. The molecule has 0 atom stereocenters. The Morgan fingerprint density at radius 1 is 1.39 bits per heavy atom. The number of halogens is 2. The Kier molecular flexibility index (Phi) is 3.84. The van der Waals surface area contributed by atoms with Crippen LogP contribution in [-0.4, -0.2) is 16.1 Å². The standard InChI is InChI=1S/C11H9Cl2N3O2/c1-6-2-3-7(18-6)5-14-11(17)8-4-9(12)15-16-10(8)13/h2-4H,5H2,1H3,(H,14,17). The van der Waals surface area contributed by atoms with Crippen LogP contribution in [0.5, 0.6) is 0 Å². The first-order chi connectivity index (χ1) is 8.56. The lowest BCUT2D eigenvalue weighted by Crippen LogP contribution is -2.23. The summed E-state index contributed by atoms with van der Waals surface area (Å²) in [5.41, 5.74) is 0.181. The van der Waals surface area contributed by atoms with Crippen LogP contribution in [-0.2, 0) is 6.54 Å². The molecule has 1 N–H and O–H groups in total. The van der Waals surface area contributed by atoms with Crippen LogP contribution >= 0.6 is 23.2 Å². The number of nitrogens with one attached hydrogen (secondary N) is 1. The molecule has 94 valence electrons. The van der Waals surface area contributed by atoms with Gasteiger partial charge in [-0.3, -0.25) is 4.79 Å². The van der Waals surface area contributed by atoms with Crippen molar-refractivity contribution in [3.63, 3.8) is 0 Å². The molecule has 0 radical (unpaired) electrons. The van der Waals surface area contributed by atoms with Gasteiger partial charge in [-0.25, -0.2) is 0 Å². The van der Waals surface area contributed by atoms with Crippen LogP contribution in [0.4, 0.5) is 0 Å². The van der Waals surface area contributed by atoms with Gasteiger partial charge >= 0.3 is 0 Å². The maximum atomic E-state index is 11.8. The zero-order valence-corrected chi connectivity index (χ0v) is 10.9. The number of hydrogen-bond donors (Lipinski definition) is 1. The van der Waals surface area contributed by atoms with Gasteiger partial charge in [-0.2, -0.15) is 0 Å². The second-order valence-corrected chi connectivity index (χ2v) is 4.31. The van der Waals surface area contributed by atoms with Crippen molar-refractivity contribution in [1.29, 1.82) is 0 Å². The predicted molar refractivity (Wildman–Crippen MR) is 66.7 cm³/mol. The van der Waals surface area contributed by atoms with E-state index < -0.39 is 0 Å². The molecule has 2 aromatic rings. The molecule has 7 heteroatoms. The first-order valence-electron chi connectivity index (χ1n) is 5.08. The minimum atomic E-state index is -0.383. The van der Waals surface area contributed by atoms with Crippen molar-refractivity contribution in [2.75, 3.05) is 0 Å². The summed E-state index contributed by atoms with van der Waals surface area (Å²) < 4.78 is 5.32.